The second kappa shape index (κ2) is 6.76. The van der Waals surface area contributed by atoms with E-state index in [-0.39, 0.29) is 18.3 Å². The predicted octanol–water partition coefficient (Wildman–Crippen LogP) is 4.22. The average molecular weight is 353 g/mol. The number of carbonyl (C=O) groups is 1. The highest BCUT2D eigenvalue weighted by Gasteiger charge is 2.30. The van der Waals surface area contributed by atoms with E-state index in [2.05, 4.69) is 0 Å². The molecule has 0 N–H and O–H groups in total. The molecule has 1 aliphatic rings. The number of rotatable bonds is 3. The molecule has 3 rings (SSSR count). The van der Waals surface area contributed by atoms with Crippen molar-refractivity contribution in [3.05, 3.63) is 54.1 Å². The Morgan fingerprint density at radius 2 is 1.96 bits per heavy atom. The highest BCUT2D eigenvalue weighted by molar-refractivity contribution is 7.99. The Hall–Kier alpha value is -2.15. The Bertz CT molecular complexity index is 749. The maximum atomic E-state index is 12.7. The minimum absolute atomic E-state index is 0.0258. The molecule has 0 aliphatic carbocycles. The first kappa shape index (κ1) is 16.7. The molecule has 126 valence electrons. The number of ether oxygens (including phenoxy) is 1. The van der Waals surface area contributed by atoms with Gasteiger partial charge in [0.05, 0.1) is 11.3 Å². The molecule has 3 nitrogen and oxygen atoms in total. The minimum Gasteiger partial charge on any atom is -0.484 e. The zero-order valence-corrected chi connectivity index (χ0v) is 13.4. The van der Waals surface area contributed by atoms with E-state index in [0.29, 0.717) is 6.54 Å². The van der Waals surface area contributed by atoms with Crippen LogP contribution in [0.3, 0.4) is 0 Å². The molecule has 1 amide bonds. The van der Waals surface area contributed by atoms with E-state index >= 15 is 0 Å². The maximum absolute atomic E-state index is 12.7. The average Bonchev–Trinajstić information content (AvgIpc) is 2.58. The quantitative estimate of drug-likeness (QED) is 0.827. The van der Waals surface area contributed by atoms with Gasteiger partial charge in [0.1, 0.15) is 5.75 Å². The van der Waals surface area contributed by atoms with Gasteiger partial charge >= 0.3 is 6.18 Å². The summed E-state index contributed by atoms with van der Waals surface area (Å²) in [7, 11) is 0. The third-order valence-electron chi connectivity index (χ3n) is 3.55. The molecule has 1 aliphatic heterocycles. The fourth-order valence-corrected chi connectivity index (χ4v) is 3.41. The number of halogens is 3. The molecule has 0 saturated heterocycles. The summed E-state index contributed by atoms with van der Waals surface area (Å²) in [4.78, 5) is 15.0. The molecule has 0 bridgehead atoms. The second-order valence-electron chi connectivity index (χ2n) is 5.18. The first-order valence-electron chi connectivity index (χ1n) is 7.27. The molecular weight excluding hydrogens is 339 g/mol. The van der Waals surface area contributed by atoms with Crippen molar-refractivity contribution in [3.63, 3.8) is 0 Å². The van der Waals surface area contributed by atoms with Gasteiger partial charge in [-0.25, -0.2) is 0 Å². The molecule has 0 radical (unpaired) electrons. The highest BCUT2D eigenvalue weighted by atomic mass is 32.2. The van der Waals surface area contributed by atoms with Crippen molar-refractivity contribution in [3.8, 4) is 5.75 Å². The Labute approximate surface area is 141 Å². The lowest BCUT2D eigenvalue weighted by atomic mass is 10.2. The zero-order valence-electron chi connectivity index (χ0n) is 12.5. The van der Waals surface area contributed by atoms with E-state index in [9.17, 15) is 18.0 Å². The third-order valence-corrected chi connectivity index (χ3v) is 4.60. The van der Waals surface area contributed by atoms with Gasteiger partial charge in [-0.15, -0.1) is 11.8 Å². The smallest absolute Gasteiger partial charge is 0.416 e. The molecule has 0 spiro atoms. The van der Waals surface area contributed by atoms with Gasteiger partial charge in [0.15, 0.2) is 6.61 Å². The summed E-state index contributed by atoms with van der Waals surface area (Å²) >= 11 is 1.67. The van der Waals surface area contributed by atoms with Gasteiger partial charge in [0.2, 0.25) is 0 Å². The Kier molecular flexibility index (Phi) is 4.71. The van der Waals surface area contributed by atoms with Crippen LogP contribution < -0.4 is 9.64 Å². The van der Waals surface area contributed by atoms with Crippen molar-refractivity contribution >= 4 is 23.4 Å². The lowest BCUT2D eigenvalue weighted by molar-refractivity contribution is -0.137. The van der Waals surface area contributed by atoms with Crippen LogP contribution in [0, 0.1) is 0 Å². The first-order chi connectivity index (χ1) is 11.4. The van der Waals surface area contributed by atoms with Crippen molar-refractivity contribution in [1.29, 1.82) is 0 Å². The molecule has 24 heavy (non-hydrogen) atoms. The molecule has 0 fully saturated rings. The van der Waals surface area contributed by atoms with Crippen molar-refractivity contribution in [1.82, 2.24) is 0 Å². The molecule has 7 heteroatoms. The van der Waals surface area contributed by atoms with Crippen LogP contribution in [0.5, 0.6) is 5.75 Å². The first-order valence-corrected chi connectivity index (χ1v) is 8.26. The minimum atomic E-state index is -4.44. The van der Waals surface area contributed by atoms with Crippen LogP contribution in [0.4, 0.5) is 18.9 Å². The summed E-state index contributed by atoms with van der Waals surface area (Å²) in [5.41, 5.74) is 0.0126. The van der Waals surface area contributed by atoms with Gasteiger partial charge < -0.3 is 9.64 Å². The highest BCUT2D eigenvalue weighted by Crippen LogP contribution is 2.34. The molecule has 0 aromatic heterocycles. The Balaban J connectivity index is 1.69. The van der Waals surface area contributed by atoms with Crippen LogP contribution in [0.1, 0.15) is 5.56 Å². The van der Waals surface area contributed by atoms with Crippen LogP contribution in [0.2, 0.25) is 0 Å². The van der Waals surface area contributed by atoms with Gasteiger partial charge in [-0.2, -0.15) is 13.2 Å². The topological polar surface area (TPSA) is 29.5 Å². The monoisotopic (exact) mass is 353 g/mol. The predicted molar refractivity (Wildman–Crippen MR) is 86.5 cm³/mol. The summed E-state index contributed by atoms with van der Waals surface area (Å²) in [6.07, 6.45) is -4.44. The van der Waals surface area contributed by atoms with E-state index in [1.54, 1.807) is 16.7 Å². The van der Waals surface area contributed by atoms with E-state index in [1.807, 2.05) is 24.3 Å². The van der Waals surface area contributed by atoms with E-state index in [4.69, 9.17) is 4.74 Å². The molecule has 2 aromatic rings. The van der Waals surface area contributed by atoms with Crippen LogP contribution in [0.15, 0.2) is 53.4 Å². The zero-order chi connectivity index (χ0) is 17.2. The number of nitrogens with zero attached hydrogens (tertiary/aromatic N) is 1. The third kappa shape index (κ3) is 3.67. The lowest BCUT2D eigenvalue weighted by Gasteiger charge is -2.28. The number of fused-ring (bicyclic) bond motifs is 1. The van der Waals surface area contributed by atoms with Crippen molar-refractivity contribution in [2.24, 2.45) is 0 Å². The Morgan fingerprint density at radius 1 is 1.17 bits per heavy atom. The molecule has 0 saturated carbocycles. The van der Waals surface area contributed by atoms with Gasteiger partial charge in [-0.3, -0.25) is 4.79 Å². The van der Waals surface area contributed by atoms with E-state index in [1.165, 1.54) is 12.1 Å². The number of anilines is 1. The fourth-order valence-electron chi connectivity index (χ4n) is 2.41. The second-order valence-corrected chi connectivity index (χ2v) is 6.31. The summed E-state index contributed by atoms with van der Waals surface area (Å²) in [6.45, 7) is 0.243. The molecule has 1 heterocycles. The summed E-state index contributed by atoms with van der Waals surface area (Å²) in [6, 6.07) is 12.1. The van der Waals surface area contributed by atoms with Gasteiger partial charge in [0, 0.05) is 17.2 Å². The lowest BCUT2D eigenvalue weighted by Crippen LogP contribution is -2.38. The van der Waals surface area contributed by atoms with Gasteiger partial charge in [-0.05, 0) is 30.3 Å². The summed E-state index contributed by atoms with van der Waals surface area (Å²) in [5.74, 6) is 0.518. The van der Waals surface area contributed by atoms with Crippen LogP contribution in [-0.2, 0) is 11.0 Å². The largest absolute Gasteiger partial charge is 0.484 e. The van der Waals surface area contributed by atoms with E-state index in [0.717, 1.165) is 28.5 Å². The van der Waals surface area contributed by atoms with Crippen LogP contribution >= 0.6 is 11.8 Å². The fraction of sp³-hybridized carbons (Fsp3) is 0.235. The maximum Gasteiger partial charge on any atom is 0.416 e. The van der Waals surface area contributed by atoms with Gasteiger partial charge in [0.25, 0.3) is 5.91 Å². The summed E-state index contributed by atoms with van der Waals surface area (Å²) < 4.78 is 43.3. The number of alkyl halides is 3. The number of carbonyl (C=O) groups excluding carboxylic acids is 1. The molecular formula is C17H14F3NO2S. The van der Waals surface area contributed by atoms with Gasteiger partial charge in [-0.1, -0.05) is 18.2 Å². The molecule has 0 atom stereocenters. The number of thioether (sulfide) groups is 1. The van der Waals surface area contributed by atoms with Crippen molar-refractivity contribution < 1.29 is 22.7 Å². The number of hydrogen-bond donors (Lipinski definition) is 0. The number of amides is 1. The SMILES string of the molecule is O=C(COc1cccc(C(F)(F)F)c1)N1CCSc2ccccc21. The van der Waals surface area contributed by atoms with Crippen molar-refractivity contribution in [2.45, 2.75) is 11.1 Å². The number of hydrogen-bond acceptors (Lipinski definition) is 3. The normalized spacial score (nSPS) is 14.2. The summed E-state index contributed by atoms with van der Waals surface area (Å²) in [5, 5.41) is 0. The molecule has 2 aromatic carbocycles. The van der Waals surface area contributed by atoms with Crippen LogP contribution in [0.25, 0.3) is 0 Å². The Morgan fingerprint density at radius 3 is 2.75 bits per heavy atom. The standard InChI is InChI=1S/C17H14F3NO2S/c18-17(19,20)12-4-3-5-13(10-12)23-11-16(22)21-8-9-24-15-7-2-1-6-14(15)21/h1-7,10H,8-9,11H2. The molecule has 0 unspecified atom stereocenters. The number of para-hydroxylation sites is 1. The van der Waals surface area contributed by atoms with E-state index < -0.39 is 11.7 Å². The van der Waals surface area contributed by atoms with Crippen molar-refractivity contribution in [2.75, 3.05) is 23.8 Å². The number of benzene rings is 2. The van der Waals surface area contributed by atoms with Crippen LogP contribution in [-0.4, -0.2) is 24.8 Å².